The Morgan fingerprint density at radius 2 is 2.17 bits per heavy atom. The molecule has 2 unspecified atom stereocenters. The summed E-state index contributed by atoms with van der Waals surface area (Å²) < 4.78 is 0. The van der Waals surface area contributed by atoms with Crippen LogP contribution in [-0.2, 0) is 4.79 Å². The topological polar surface area (TPSA) is 58.4 Å². The van der Waals surface area contributed by atoms with Gasteiger partial charge in [0, 0.05) is 12.6 Å². The van der Waals surface area contributed by atoms with Gasteiger partial charge in [-0.1, -0.05) is 26.7 Å². The zero-order valence-corrected chi connectivity index (χ0v) is 12.0. The zero-order chi connectivity index (χ0) is 13.4. The van der Waals surface area contributed by atoms with E-state index in [2.05, 4.69) is 24.1 Å². The van der Waals surface area contributed by atoms with Crippen molar-refractivity contribution in [3.63, 3.8) is 0 Å². The van der Waals surface area contributed by atoms with Crippen molar-refractivity contribution in [2.75, 3.05) is 26.2 Å². The maximum atomic E-state index is 11.9. The lowest BCUT2D eigenvalue weighted by Crippen LogP contribution is -2.45. The molecule has 106 valence electrons. The Labute approximate surface area is 111 Å². The molecule has 0 spiro atoms. The van der Waals surface area contributed by atoms with Crippen LogP contribution in [-0.4, -0.2) is 43.0 Å². The molecule has 0 bridgehead atoms. The lowest BCUT2D eigenvalue weighted by Gasteiger charge is -2.31. The van der Waals surface area contributed by atoms with Gasteiger partial charge in [-0.15, -0.1) is 0 Å². The third-order valence-electron chi connectivity index (χ3n) is 4.00. The first-order valence-corrected chi connectivity index (χ1v) is 7.43. The van der Waals surface area contributed by atoms with Crippen molar-refractivity contribution >= 4 is 5.91 Å². The van der Waals surface area contributed by atoms with Crippen LogP contribution < -0.4 is 11.1 Å². The maximum absolute atomic E-state index is 11.9. The number of nitrogens with zero attached hydrogens (tertiary/aromatic N) is 1. The highest BCUT2D eigenvalue weighted by atomic mass is 16.2. The van der Waals surface area contributed by atoms with Crippen LogP contribution in [0.25, 0.3) is 0 Å². The van der Waals surface area contributed by atoms with Crippen LogP contribution in [0.1, 0.15) is 46.0 Å². The van der Waals surface area contributed by atoms with Crippen molar-refractivity contribution in [1.82, 2.24) is 10.2 Å². The van der Waals surface area contributed by atoms with Crippen LogP contribution in [0, 0.1) is 5.92 Å². The fourth-order valence-electron chi connectivity index (χ4n) is 2.88. The molecule has 0 heterocycles. The smallest absolute Gasteiger partial charge is 0.234 e. The maximum Gasteiger partial charge on any atom is 0.234 e. The van der Waals surface area contributed by atoms with Crippen molar-refractivity contribution in [2.24, 2.45) is 11.7 Å². The van der Waals surface area contributed by atoms with E-state index in [1.807, 2.05) is 0 Å². The standard InChI is InChI=1S/C14H29N3O/c1-3-5-9-16-14(18)11-17(4-2)13-8-6-7-12(13)10-15/h12-13H,3-11,15H2,1-2H3,(H,16,18). The fourth-order valence-corrected chi connectivity index (χ4v) is 2.88. The Morgan fingerprint density at radius 3 is 2.78 bits per heavy atom. The van der Waals surface area contributed by atoms with Gasteiger partial charge in [0.2, 0.25) is 5.91 Å². The normalized spacial score (nSPS) is 23.6. The summed E-state index contributed by atoms with van der Waals surface area (Å²) >= 11 is 0. The van der Waals surface area contributed by atoms with Crippen molar-refractivity contribution in [3.05, 3.63) is 0 Å². The van der Waals surface area contributed by atoms with E-state index in [4.69, 9.17) is 5.73 Å². The summed E-state index contributed by atoms with van der Waals surface area (Å²) in [4.78, 5) is 14.2. The number of amides is 1. The fraction of sp³-hybridized carbons (Fsp3) is 0.929. The number of unbranched alkanes of at least 4 members (excludes halogenated alkanes) is 1. The predicted octanol–water partition coefficient (Wildman–Crippen LogP) is 1.35. The van der Waals surface area contributed by atoms with Crippen molar-refractivity contribution in [2.45, 2.75) is 52.0 Å². The highest BCUT2D eigenvalue weighted by Crippen LogP contribution is 2.28. The Balaban J connectivity index is 2.38. The Kier molecular flexibility index (Phi) is 7.28. The second-order valence-electron chi connectivity index (χ2n) is 5.26. The second-order valence-corrected chi connectivity index (χ2v) is 5.26. The molecule has 4 nitrogen and oxygen atoms in total. The lowest BCUT2D eigenvalue weighted by atomic mass is 10.0. The number of hydrogen-bond donors (Lipinski definition) is 2. The molecular weight excluding hydrogens is 226 g/mol. The molecule has 1 rings (SSSR count). The zero-order valence-electron chi connectivity index (χ0n) is 12.0. The van der Waals surface area contributed by atoms with E-state index in [0.717, 1.165) is 32.5 Å². The molecular formula is C14H29N3O. The number of rotatable bonds is 8. The van der Waals surface area contributed by atoms with Crippen LogP contribution >= 0.6 is 0 Å². The monoisotopic (exact) mass is 255 g/mol. The van der Waals surface area contributed by atoms with Gasteiger partial charge in [-0.2, -0.15) is 0 Å². The van der Waals surface area contributed by atoms with Crippen molar-refractivity contribution < 1.29 is 4.79 Å². The van der Waals surface area contributed by atoms with Crippen LogP contribution in [0.3, 0.4) is 0 Å². The Bertz CT molecular complexity index is 245. The third kappa shape index (κ3) is 4.58. The average Bonchev–Trinajstić information content (AvgIpc) is 2.84. The predicted molar refractivity (Wildman–Crippen MR) is 75.3 cm³/mol. The first-order chi connectivity index (χ1) is 8.72. The van der Waals surface area contributed by atoms with Gasteiger partial charge in [0.1, 0.15) is 0 Å². The molecule has 2 atom stereocenters. The van der Waals surface area contributed by atoms with E-state index in [-0.39, 0.29) is 5.91 Å². The first kappa shape index (κ1) is 15.4. The van der Waals surface area contributed by atoms with Gasteiger partial charge >= 0.3 is 0 Å². The van der Waals surface area contributed by atoms with Gasteiger partial charge in [0.25, 0.3) is 0 Å². The summed E-state index contributed by atoms with van der Waals surface area (Å²) in [6, 6.07) is 0.511. The number of likely N-dealkylation sites (N-methyl/N-ethyl adjacent to an activating group) is 1. The molecule has 18 heavy (non-hydrogen) atoms. The number of hydrogen-bond acceptors (Lipinski definition) is 3. The molecule has 1 saturated carbocycles. The largest absolute Gasteiger partial charge is 0.355 e. The van der Waals surface area contributed by atoms with Crippen LogP contribution in [0.15, 0.2) is 0 Å². The molecule has 0 radical (unpaired) electrons. The van der Waals surface area contributed by atoms with Crippen LogP contribution in [0.5, 0.6) is 0 Å². The number of carbonyl (C=O) groups excluding carboxylic acids is 1. The number of nitrogens with one attached hydrogen (secondary N) is 1. The number of carbonyl (C=O) groups is 1. The lowest BCUT2D eigenvalue weighted by molar-refractivity contribution is -0.122. The summed E-state index contributed by atoms with van der Waals surface area (Å²) in [7, 11) is 0. The third-order valence-corrected chi connectivity index (χ3v) is 4.00. The highest BCUT2D eigenvalue weighted by Gasteiger charge is 2.31. The molecule has 0 aliphatic heterocycles. The minimum absolute atomic E-state index is 0.160. The van der Waals surface area contributed by atoms with Crippen LogP contribution in [0.2, 0.25) is 0 Å². The first-order valence-electron chi connectivity index (χ1n) is 7.43. The van der Waals surface area contributed by atoms with Crippen LogP contribution in [0.4, 0.5) is 0 Å². The van der Waals surface area contributed by atoms with Gasteiger partial charge in [-0.05, 0) is 38.3 Å². The molecule has 0 saturated heterocycles. The summed E-state index contributed by atoms with van der Waals surface area (Å²) in [5.41, 5.74) is 5.82. The molecule has 1 aliphatic carbocycles. The quantitative estimate of drug-likeness (QED) is 0.644. The van der Waals surface area contributed by atoms with E-state index < -0.39 is 0 Å². The second kappa shape index (κ2) is 8.48. The number of nitrogens with two attached hydrogens (primary N) is 1. The molecule has 1 amide bonds. The highest BCUT2D eigenvalue weighted by molar-refractivity contribution is 5.78. The Hall–Kier alpha value is -0.610. The minimum atomic E-state index is 0.160. The molecule has 0 aromatic rings. The molecule has 3 N–H and O–H groups in total. The van der Waals surface area contributed by atoms with Crippen molar-refractivity contribution in [1.29, 1.82) is 0 Å². The summed E-state index contributed by atoms with van der Waals surface area (Å²) in [5.74, 6) is 0.737. The van der Waals surface area contributed by atoms with E-state index in [9.17, 15) is 4.79 Å². The molecule has 4 heteroatoms. The van der Waals surface area contributed by atoms with E-state index in [0.29, 0.717) is 18.5 Å². The van der Waals surface area contributed by atoms with E-state index in [1.165, 1.54) is 19.3 Å². The van der Waals surface area contributed by atoms with E-state index in [1.54, 1.807) is 0 Å². The molecule has 0 aromatic carbocycles. The van der Waals surface area contributed by atoms with Gasteiger partial charge in [0.15, 0.2) is 0 Å². The van der Waals surface area contributed by atoms with Gasteiger partial charge in [0.05, 0.1) is 6.54 Å². The SMILES string of the molecule is CCCCNC(=O)CN(CC)C1CCCC1CN. The molecule has 1 aliphatic rings. The van der Waals surface area contributed by atoms with Gasteiger partial charge in [-0.3, -0.25) is 9.69 Å². The molecule has 0 aromatic heterocycles. The Morgan fingerprint density at radius 1 is 1.39 bits per heavy atom. The van der Waals surface area contributed by atoms with Gasteiger partial charge in [-0.25, -0.2) is 0 Å². The molecule has 1 fully saturated rings. The van der Waals surface area contributed by atoms with Gasteiger partial charge < -0.3 is 11.1 Å². The average molecular weight is 255 g/mol. The summed E-state index contributed by atoms with van der Waals surface area (Å²) in [6.45, 7) is 7.28. The summed E-state index contributed by atoms with van der Waals surface area (Å²) in [5, 5.41) is 2.99. The van der Waals surface area contributed by atoms with E-state index >= 15 is 0 Å². The summed E-state index contributed by atoms with van der Waals surface area (Å²) in [6.07, 6.45) is 5.84. The minimum Gasteiger partial charge on any atom is -0.355 e. The van der Waals surface area contributed by atoms with Crippen molar-refractivity contribution in [3.8, 4) is 0 Å².